The quantitative estimate of drug-likeness (QED) is 0.0145. The Bertz CT molecular complexity index is 3040. The lowest BCUT2D eigenvalue weighted by molar-refractivity contribution is -0.302. The molecule has 0 bridgehead atoms. The van der Waals surface area contributed by atoms with Gasteiger partial charge >= 0.3 is 25.9 Å². The zero-order valence-electron chi connectivity index (χ0n) is 56.0. The van der Waals surface area contributed by atoms with Gasteiger partial charge < -0.3 is 62.4 Å². The molecule has 0 aromatic heterocycles. The van der Waals surface area contributed by atoms with Crippen molar-refractivity contribution in [1.82, 2.24) is 10.6 Å². The molecule has 2 N–H and O–H groups in total. The molecule has 2 amide bonds. The van der Waals surface area contributed by atoms with E-state index < -0.39 is 125 Å². The maximum atomic E-state index is 15.1. The predicted molar refractivity (Wildman–Crippen MR) is 350 cm³/mol. The van der Waals surface area contributed by atoms with Crippen LogP contribution in [0.2, 0.25) is 18.1 Å². The number of hydrogen-bond donors (Lipinski definition) is 2. The van der Waals surface area contributed by atoms with Crippen LogP contribution >= 0.6 is 7.82 Å². The van der Waals surface area contributed by atoms with Gasteiger partial charge in [-0.2, -0.15) is 0 Å². The Balaban J connectivity index is 1.35. The lowest BCUT2D eigenvalue weighted by Gasteiger charge is -2.50. The maximum absolute atomic E-state index is 15.1. The average Bonchev–Trinajstić information content (AvgIpc) is 0.870. The van der Waals surface area contributed by atoms with Gasteiger partial charge in [-0.1, -0.05) is 190 Å². The van der Waals surface area contributed by atoms with Gasteiger partial charge in [0.15, 0.2) is 33.1 Å². The minimum absolute atomic E-state index is 0.0219. The number of hydrogen-bond acceptors (Lipinski definition) is 20. The molecule has 2 fully saturated rings. The smallest absolute Gasteiger partial charge is 0.462 e. The Morgan fingerprint density at radius 1 is 0.628 bits per heavy atom. The van der Waals surface area contributed by atoms with Crippen molar-refractivity contribution in [1.29, 1.82) is 0 Å². The fourth-order valence-electron chi connectivity index (χ4n) is 10.4. The number of amides is 2. The van der Waals surface area contributed by atoms with Gasteiger partial charge in [0.2, 0.25) is 11.8 Å². The van der Waals surface area contributed by atoms with E-state index in [1.165, 1.54) is 6.08 Å². The highest BCUT2D eigenvalue weighted by Gasteiger charge is 2.57. The maximum Gasteiger partial charge on any atom is 0.509 e. The van der Waals surface area contributed by atoms with E-state index >= 15 is 4.57 Å². The van der Waals surface area contributed by atoms with Gasteiger partial charge in [0, 0.05) is 12.8 Å². The Kier molecular flexibility index (Phi) is 29.4. The summed E-state index contributed by atoms with van der Waals surface area (Å²) < 4.78 is 105. The number of rotatable bonds is 34. The van der Waals surface area contributed by atoms with Crippen LogP contribution in [0.25, 0.3) is 0 Å². The molecule has 0 radical (unpaired) electrons. The molecule has 4 aromatic carbocycles. The summed E-state index contributed by atoms with van der Waals surface area (Å²) in [7, 11) is -7.58. The highest BCUT2D eigenvalue weighted by atomic mass is 31.2. The molecule has 94 heavy (non-hydrogen) atoms. The molecular weight excluding hydrogens is 1250 g/mol. The lowest BCUT2D eigenvalue weighted by Crippen LogP contribution is -2.69. The van der Waals surface area contributed by atoms with Gasteiger partial charge in [0.25, 0.3) is 0 Å². The lowest BCUT2D eigenvalue weighted by atomic mass is 9.94. The minimum atomic E-state index is -4.68. The molecule has 7 rings (SSSR count). The van der Waals surface area contributed by atoms with Gasteiger partial charge in [0.05, 0.1) is 65.2 Å². The number of benzene rings is 4. The monoisotopic (exact) mass is 1340 g/mol. The molecule has 0 aliphatic carbocycles. The van der Waals surface area contributed by atoms with Gasteiger partial charge in [-0.3, -0.25) is 32.7 Å². The van der Waals surface area contributed by atoms with Crippen LogP contribution in [-0.2, 0) is 122 Å². The number of carbonyl (C=O) groups is 5. The third kappa shape index (κ3) is 22.7. The van der Waals surface area contributed by atoms with E-state index in [0.29, 0.717) is 24.0 Å². The number of fused-ring (bicyclic) bond motifs is 1. The zero-order valence-corrected chi connectivity index (χ0v) is 57.9. The van der Waals surface area contributed by atoms with E-state index in [9.17, 15) is 24.0 Å². The molecule has 24 heteroatoms. The molecule has 4 unspecified atom stereocenters. The van der Waals surface area contributed by atoms with Crippen molar-refractivity contribution < 1.29 is 93.9 Å². The van der Waals surface area contributed by atoms with Gasteiger partial charge in [-0.25, -0.2) is 9.36 Å². The normalized spacial score (nSPS) is 23.8. The number of ether oxygens (including phenoxy) is 10. The number of carbonyl (C=O) groups excluding carboxylic acids is 5. The largest absolute Gasteiger partial charge is 0.509 e. The summed E-state index contributed by atoms with van der Waals surface area (Å²) in [6.45, 7) is 21.9. The van der Waals surface area contributed by atoms with E-state index in [-0.39, 0.29) is 90.2 Å². The number of phosphoric acid groups is 1. The van der Waals surface area contributed by atoms with Gasteiger partial charge in [-0.15, -0.1) is 0 Å². The van der Waals surface area contributed by atoms with Gasteiger partial charge in [0.1, 0.15) is 49.2 Å². The molecule has 0 spiro atoms. The summed E-state index contributed by atoms with van der Waals surface area (Å²) in [6, 6.07) is 32.6. The van der Waals surface area contributed by atoms with Crippen LogP contribution in [0.4, 0.5) is 4.79 Å². The zero-order chi connectivity index (χ0) is 67.8. The van der Waals surface area contributed by atoms with Crippen LogP contribution < -0.4 is 10.6 Å². The van der Waals surface area contributed by atoms with Crippen molar-refractivity contribution in [2.24, 2.45) is 5.92 Å². The van der Waals surface area contributed by atoms with Crippen molar-refractivity contribution in [2.75, 3.05) is 19.8 Å². The van der Waals surface area contributed by atoms with Crippen LogP contribution in [0, 0.1) is 5.92 Å². The highest BCUT2D eigenvalue weighted by molar-refractivity contribution is 7.48. The second kappa shape index (κ2) is 36.8. The summed E-state index contributed by atoms with van der Waals surface area (Å²) in [5, 5.41) is 5.70. The first-order valence-electron chi connectivity index (χ1n) is 32.6. The average molecular weight is 1350 g/mol. The topological polar surface area (TPSA) is 256 Å². The molecule has 2 saturated heterocycles. The summed E-state index contributed by atoms with van der Waals surface area (Å²) in [5.74, 6) is -2.27. The first kappa shape index (κ1) is 75.2. The molecule has 22 nitrogen and oxygen atoms in total. The SMILES string of the molecule is C=CCOC(=O)O[C@@H]1C(NC(=O)C[C@@H](CC)OC(=O)CC)[C@H](OCC2O[C@H](O[Si](C)(C)C(C)(C)C)C(NC(=O)C[C@H](C)CC)[C@@H](OC(=O)C[C@@H](CC)OCc3ccccc3)[C@@H]2OCc2ccccc2)OC(COCc2ccccc2)[C@H]1OP1(=O)OCc2ccccc2CO1. The van der Waals surface area contributed by atoms with Crippen molar-refractivity contribution in [3.05, 3.63) is 156 Å². The van der Waals surface area contributed by atoms with E-state index in [4.69, 9.17) is 65.4 Å². The molecule has 3 heterocycles. The third-order valence-corrected chi connectivity index (χ3v) is 22.9. The Morgan fingerprint density at radius 3 is 1.72 bits per heavy atom. The van der Waals surface area contributed by atoms with Crippen molar-refractivity contribution in [3.8, 4) is 0 Å². The summed E-state index contributed by atoms with van der Waals surface area (Å²) in [4.78, 5) is 70.8. The van der Waals surface area contributed by atoms with Crippen LogP contribution in [0.3, 0.4) is 0 Å². The molecule has 516 valence electrons. The number of phosphoric ester groups is 1. The van der Waals surface area contributed by atoms with E-state index in [2.05, 4.69) is 38.0 Å². The summed E-state index contributed by atoms with van der Waals surface area (Å²) in [5.41, 5.74) is 3.81. The molecule has 13 atom stereocenters. The van der Waals surface area contributed by atoms with Crippen LogP contribution in [0.5, 0.6) is 0 Å². The molecule has 3 aliphatic heterocycles. The second-order valence-corrected chi connectivity index (χ2v) is 31.7. The molecular formula is C70H97N2O20PSi. The van der Waals surface area contributed by atoms with Crippen molar-refractivity contribution >= 4 is 46.0 Å². The van der Waals surface area contributed by atoms with Crippen molar-refractivity contribution in [2.45, 2.75) is 225 Å². The minimum Gasteiger partial charge on any atom is -0.462 e. The van der Waals surface area contributed by atoms with Crippen molar-refractivity contribution in [3.63, 3.8) is 0 Å². The molecule has 4 aromatic rings. The number of nitrogens with one attached hydrogen (secondary N) is 2. The molecule has 0 saturated carbocycles. The second-order valence-electron chi connectivity index (χ2n) is 25.3. The Morgan fingerprint density at radius 2 is 1.16 bits per heavy atom. The van der Waals surface area contributed by atoms with Crippen LogP contribution in [0.1, 0.15) is 128 Å². The van der Waals surface area contributed by atoms with Crippen LogP contribution in [0.15, 0.2) is 128 Å². The Labute approximate surface area is 554 Å². The Hall–Kier alpha value is -6.18. The summed E-state index contributed by atoms with van der Waals surface area (Å²) >= 11 is 0. The fraction of sp³-hybridized carbons (Fsp3) is 0.557. The number of esters is 2. The third-order valence-electron chi connectivity index (χ3n) is 17.1. The predicted octanol–water partition coefficient (Wildman–Crippen LogP) is 12.0. The summed E-state index contributed by atoms with van der Waals surface area (Å²) in [6.07, 6.45) is -12.0. The van der Waals surface area contributed by atoms with E-state index in [1.807, 2.05) is 125 Å². The standard InChI is InChI=1S/C70H97N2O20PSi/c1-12-36-80-69(77)90-66-61(72-58(74)38-54(15-4)86-59(75)16-5)67(87-55(45-79-40-48-28-20-17-21-29-48)64(66)91-93(78)84-43-51-34-26-27-35-52(51)44-85-93)83-46-56-63(82-42-50-32-24-19-25-33-50)65(89-60(76)39-53(14-3)81-41-49-30-22-18-23-31-49)62(71-57(73)37-47(6)13-2)68(88-56)92-94(10,11)70(7,8)9/h12,17-35,47,53-56,61-68H,1,13-16,36-46H2,2-11H3,(H,71,73)(H,72,74)/t47-,53-,54-,55?,56?,61?,62?,63-,64-,65-,66-,67-,68-/m1/s1. The molecule has 3 aliphatic rings. The van der Waals surface area contributed by atoms with E-state index in [1.54, 1.807) is 38.1 Å². The fourth-order valence-corrected chi connectivity index (χ4v) is 12.9. The first-order valence-corrected chi connectivity index (χ1v) is 37.0. The van der Waals surface area contributed by atoms with Gasteiger partial charge in [-0.05, 0) is 64.7 Å². The highest BCUT2D eigenvalue weighted by Crippen LogP contribution is 2.55. The van der Waals surface area contributed by atoms with E-state index in [0.717, 1.165) is 16.7 Å². The first-order chi connectivity index (χ1) is 45.0. The van der Waals surface area contributed by atoms with Crippen LogP contribution in [-0.4, -0.2) is 132 Å².